The molecule has 0 aromatic carbocycles. The van der Waals surface area contributed by atoms with E-state index >= 15 is 0 Å². The summed E-state index contributed by atoms with van der Waals surface area (Å²) in [6, 6.07) is 0. The molecule has 0 aromatic rings. The minimum absolute atomic E-state index is 0.248. The zero-order chi connectivity index (χ0) is 52.2. The van der Waals surface area contributed by atoms with Crippen molar-refractivity contribution < 1.29 is 105 Å². The lowest BCUT2D eigenvalue weighted by molar-refractivity contribution is -0.156. The first kappa shape index (κ1) is 69.0. The fourth-order valence-corrected chi connectivity index (χ4v) is 6.25. The molecule has 0 spiro atoms. The first-order valence-electron chi connectivity index (χ1n) is 26.0. The van der Waals surface area contributed by atoms with Crippen LogP contribution in [0.3, 0.4) is 0 Å². The normalized spacial score (nSPS) is 13.5. The number of rotatable bonds is 63. The van der Waals surface area contributed by atoms with Crippen LogP contribution in [-0.4, -0.2) is 282 Å². The maximum Gasteiger partial charge on any atom is 0.311 e. The summed E-state index contributed by atoms with van der Waals surface area (Å²) in [5.74, 6) is -0.752. The Bertz CT molecular complexity index is 1160. The van der Waals surface area contributed by atoms with Crippen LogP contribution in [0, 0.1) is 10.9 Å². The Balaban J connectivity index is 1.61. The number of hydrogen-bond donors (Lipinski definition) is 2. The van der Waals surface area contributed by atoms with Gasteiger partial charge in [-0.15, -0.1) is 0 Å². The van der Waals surface area contributed by atoms with E-state index in [2.05, 4.69) is 10.0 Å². The molecule has 0 aromatic heterocycles. The number of carboxylic acids is 1. The van der Waals surface area contributed by atoms with Gasteiger partial charge in [0.05, 0.1) is 270 Å². The minimum Gasteiger partial charge on any atom is -0.481 e. The molecule has 1 saturated carbocycles. The molecule has 0 heterocycles. The van der Waals surface area contributed by atoms with Gasteiger partial charge in [-0.25, -0.2) is 0 Å². The second kappa shape index (κ2) is 59.2. The number of carbonyl (C=O) groups is 1. The van der Waals surface area contributed by atoms with Crippen LogP contribution >= 0.6 is 0 Å². The predicted molar refractivity (Wildman–Crippen MR) is 262 cm³/mol. The highest BCUT2D eigenvalue weighted by molar-refractivity contribution is 5.74. The van der Waals surface area contributed by atoms with E-state index in [4.69, 9.17) is 100 Å². The fourth-order valence-electron chi connectivity index (χ4n) is 6.25. The van der Waals surface area contributed by atoms with Crippen LogP contribution in [0.15, 0.2) is 5.11 Å². The van der Waals surface area contributed by atoms with Crippen LogP contribution in [0.4, 0.5) is 0 Å². The van der Waals surface area contributed by atoms with Gasteiger partial charge in [-0.2, -0.15) is 0 Å². The lowest BCUT2D eigenvalue weighted by Gasteiger charge is -2.32. The Morgan fingerprint density at radius 3 is 0.671 bits per heavy atom. The Labute approximate surface area is 433 Å². The molecule has 73 heavy (non-hydrogen) atoms. The fraction of sp³-hybridized carbons (Fsp3) is 0.979. The van der Waals surface area contributed by atoms with E-state index in [1.54, 1.807) is 0 Å². The zero-order valence-corrected chi connectivity index (χ0v) is 43.9. The largest absolute Gasteiger partial charge is 0.481 e. The average Bonchev–Trinajstić information content (AvgIpc) is 3.40. The highest BCUT2D eigenvalue weighted by Gasteiger charge is 2.39. The number of aliphatic carboxylic acids is 1. The second-order valence-electron chi connectivity index (χ2n) is 15.8. The second-order valence-corrected chi connectivity index (χ2v) is 15.8. The summed E-state index contributed by atoms with van der Waals surface area (Å²) in [7, 11) is 0. The van der Waals surface area contributed by atoms with Gasteiger partial charge >= 0.3 is 5.97 Å². The van der Waals surface area contributed by atoms with Crippen LogP contribution in [0.25, 0.3) is 0 Å². The minimum atomic E-state index is -0.752. The molecular weight excluding hydrogens is 971 g/mol. The van der Waals surface area contributed by atoms with Gasteiger partial charge in [0.25, 0.3) is 0 Å². The van der Waals surface area contributed by atoms with Crippen molar-refractivity contribution in [2.24, 2.45) is 10.5 Å². The van der Waals surface area contributed by atoms with Crippen LogP contribution < -0.4 is 4.91 Å². The molecule has 0 aliphatic heterocycles. The van der Waals surface area contributed by atoms with Crippen molar-refractivity contribution in [1.82, 2.24) is 4.91 Å². The molecule has 1 fully saturated rings. The van der Waals surface area contributed by atoms with Crippen molar-refractivity contribution in [2.45, 2.75) is 32.1 Å². The van der Waals surface area contributed by atoms with Crippen LogP contribution in [0.2, 0.25) is 0 Å². The summed E-state index contributed by atoms with van der Waals surface area (Å²) in [5.41, 5.74) is 5.80. The van der Waals surface area contributed by atoms with E-state index in [9.17, 15) is 9.90 Å². The van der Waals surface area contributed by atoms with Crippen LogP contribution in [0.1, 0.15) is 32.1 Å². The maximum atomic E-state index is 11.7. The Morgan fingerprint density at radius 1 is 0.315 bits per heavy atom. The molecule has 0 atom stereocenters. The van der Waals surface area contributed by atoms with Crippen molar-refractivity contribution in [3.8, 4) is 0 Å². The van der Waals surface area contributed by atoms with E-state index in [1.807, 2.05) is 0 Å². The van der Waals surface area contributed by atoms with Gasteiger partial charge in [-0.1, -0.05) is 19.3 Å². The van der Waals surface area contributed by atoms with E-state index in [0.29, 0.717) is 277 Å². The first-order chi connectivity index (χ1) is 36.2. The third-order valence-corrected chi connectivity index (χ3v) is 10.1. The van der Waals surface area contributed by atoms with E-state index in [-0.39, 0.29) is 6.61 Å². The predicted octanol–water partition coefficient (Wildman–Crippen LogP) is 1.90. The summed E-state index contributed by atoms with van der Waals surface area (Å²) in [6.45, 7) is 19.1. The Hall–Kier alpha value is -2.02. The maximum absolute atomic E-state index is 11.7. The number of ether oxygens (including phenoxy) is 20. The lowest BCUT2D eigenvalue weighted by atomic mass is 9.75. The third-order valence-electron chi connectivity index (χ3n) is 10.1. The topological polar surface area (TPSA) is 272 Å². The molecular formula is C48H94N3O22+. The standard InChI is InChI=1S/C48H93N3O22/c49-51-50-6-7-54-8-9-55-10-11-56-12-13-57-14-15-58-16-17-59-18-19-60-20-21-61-22-23-62-24-25-63-26-27-64-28-29-65-30-31-66-32-33-67-34-35-68-36-37-69-38-39-70-40-41-71-42-43-72-44-45-73-46-48(47(52)53)4-2-1-3-5-48/h49H,1-46H2/p+1. The number of carboxylic acid groups (broad SMARTS) is 1. The monoisotopic (exact) mass is 1060 g/mol. The molecule has 432 valence electrons. The smallest absolute Gasteiger partial charge is 0.311 e. The highest BCUT2D eigenvalue weighted by Crippen LogP contribution is 2.36. The quantitative estimate of drug-likeness (QED) is 0.0500. The van der Waals surface area contributed by atoms with E-state index in [1.165, 1.54) is 0 Å². The average molecular weight is 1070 g/mol. The molecule has 0 bridgehead atoms. The highest BCUT2D eigenvalue weighted by atomic mass is 16.6. The van der Waals surface area contributed by atoms with Gasteiger partial charge in [-0.3, -0.25) is 4.79 Å². The molecule has 0 amide bonds. The number of nitrogens with one attached hydrogen (secondary N) is 1. The number of hydrogen-bond acceptors (Lipinski definition) is 23. The van der Waals surface area contributed by atoms with Gasteiger partial charge in [0.15, 0.2) is 0 Å². The molecule has 1 aliphatic rings. The van der Waals surface area contributed by atoms with Gasteiger partial charge < -0.3 is 99.8 Å². The molecule has 0 radical (unpaired) electrons. The molecule has 1 rings (SSSR count). The van der Waals surface area contributed by atoms with Crippen LogP contribution in [0.5, 0.6) is 0 Å². The Kier molecular flexibility index (Phi) is 56.0. The molecule has 25 nitrogen and oxygen atoms in total. The zero-order valence-electron chi connectivity index (χ0n) is 43.9. The SMILES string of the molecule is N=[N+]=NCCOCCOCCOCCOCCOCCOCCOCCOCCOCCOCCOCCOCCOCCOCCOCCOCCOCCOCCOCCOCC1(C(=O)O)CCCCC1. The summed E-state index contributed by atoms with van der Waals surface area (Å²) in [6.07, 6.45) is 4.36. The first-order valence-corrected chi connectivity index (χ1v) is 26.0. The molecule has 1 aliphatic carbocycles. The summed E-state index contributed by atoms with van der Waals surface area (Å²) < 4.78 is 110. The third kappa shape index (κ3) is 51.8. The van der Waals surface area contributed by atoms with E-state index in [0.717, 1.165) is 19.3 Å². The van der Waals surface area contributed by atoms with E-state index < -0.39 is 11.4 Å². The van der Waals surface area contributed by atoms with Crippen molar-refractivity contribution in [3.05, 3.63) is 0 Å². The summed E-state index contributed by atoms with van der Waals surface area (Å²) in [4.78, 5) is 14.6. The van der Waals surface area contributed by atoms with Crippen molar-refractivity contribution in [1.29, 1.82) is 5.53 Å². The van der Waals surface area contributed by atoms with Gasteiger partial charge in [0.2, 0.25) is 4.91 Å². The molecule has 2 N–H and O–H groups in total. The van der Waals surface area contributed by atoms with Gasteiger partial charge in [0.1, 0.15) is 17.2 Å². The van der Waals surface area contributed by atoms with Crippen LogP contribution in [-0.2, 0) is 99.5 Å². The molecule has 0 saturated heterocycles. The van der Waals surface area contributed by atoms with Crippen molar-refractivity contribution in [3.63, 3.8) is 0 Å². The molecule has 0 unspecified atom stereocenters. The summed E-state index contributed by atoms with van der Waals surface area (Å²) >= 11 is 0. The Morgan fingerprint density at radius 2 is 0.493 bits per heavy atom. The van der Waals surface area contributed by atoms with Gasteiger partial charge in [-0.05, 0) is 12.8 Å². The lowest BCUT2D eigenvalue weighted by Crippen LogP contribution is -2.38. The van der Waals surface area contributed by atoms with Crippen molar-refractivity contribution in [2.75, 3.05) is 271 Å². The summed E-state index contributed by atoms with van der Waals surface area (Å²) in [5, 5.41) is 13.1. The molecule has 25 heteroatoms. The van der Waals surface area contributed by atoms with Crippen molar-refractivity contribution >= 4 is 5.97 Å². The van der Waals surface area contributed by atoms with Gasteiger partial charge in [0, 0.05) is 0 Å². The number of nitrogens with zero attached hydrogens (tertiary/aromatic N) is 2.